The number of anilines is 1. The van der Waals surface area contributed by atoms with Crippen molar-refractivity contribution in [2.75, 3.05) is 24.7 Å². The summed E-state index contributed by atoms with van der Waals surface area (Å²) in [5.41, 5.74) is -2.02. The lowest BCUT2D eigenvalue weighted by Gasteiger charge is -2.40. The van der Waals surface area contributed by atoms with Gasteiger partial charge in [-0.1, -0.05) is 55.8 Å². The van der Waals surface area contributed by atoms with Crippen molar-refractivity contribution in [3.8, 4) is 0 Å². The fraction of sp³-hybridized carbons (Fsp3) is 0.519. The zero-order valence-electron chi connectivity index (χ0n) is 20.6. The topological polar surface area (TPSA) is 96.4 Å². The Morgan fingerprint density at radius 2 is 1.86 bits per heavy atom. The number of carbonyl (C=O) groups excluding carboxylic acids is 3. The van der Waals surface area contributed by atoms with E-state index in [0.717, 1.165) is 0 Å². The summed E-state index contributed by atoms with van der Waals surface area (Å²) in [6, 6.07) is 5.32. The fourth-order valence-electron chi connectivity index (χ4n) is 6.40. The lowest BCUT2D eigenvalue weighted by molar-refractivity contribution is -0.158. The first kappa shape index (κ1) is 25.0. The van der Waals surface area contributed by atoms with E-state index in [4.69, 9.17) is 21.1 Å². The average Bonchev–Trinajstić information content (AvgIpc) is 3.09. The summed E-state index contributed by atoms with van der Waals surface area (Å²) < 4.78 is 12.1. The van der Waals surface area contributed by atoms with Crippen LogP contribution in [0, 0.1) is 17.8 Å². The van der Waals surface area contributed by atoms with Gasteiger partial charge in [-0.2, -0.15) is 0 Å². The number of hydrogen-bond acceptors (Lipinski definition) is 6. The van der Waals surface area contributed by atoms with Crippen LogP contribution in [0.25, 0.3) is 0 Å². The third kappa shape index (κ3) is 3.61. The monoisotopic (exact) mass is 514 g/mol. The molecule has 192 valence electrons. The average molecular weight is 515 g/mol. The normalized spacial score (nSPS) is 34.3. The van der Waals surface area contributed by atoms with Crippen LogP contribution >= 0.6 is 11.6 Å². The van der Waals surface area contributed by atoms with E-state index in [1.807, 2.05) is 13.8 Å². The number of aliphatic hydroxyl groups is 1. The Balaban J connectivity index is 1.69. The number of halogens is 1. The second kappa shape index (κ2) is 9.01. The number of rotatable bonds is 5. The van der Waals surface area contributed by atoms with E-state index >= 15 is 0 Å². The minimum absolute atomic E-state index is 0.0943. The number of benzene rings is 1. The summed E-state index contributed by atoms with van der Waals surface area (Å²) >= 11 is 6.47. The first-order valence-electron chi connectivity index (χ1n) is 12.4. The van der Waals surface area contributed by atoms with Crippen LogP contribution in [0.4, 0.5) is 5.69 Å². The smallest absolute Gasteiger partial charge is 0.313 e. The van der Waals surface area contributed by atoms with E-state index in [2.05, 4.69) is 0 Å². The van der Waals surface area contributed by atoms with Gasteiger partial charge in [0.1, 0.15) is 24.2 Å². The van der Waals surface area contributed by atoms with E-state index in [-0.39, 0.29) is 37.5 Å². The molecule has 4 aliphatic rings. The quantitative estimate of drug-likeness (QED) is 0.479. The predicted octanol–water partition coefficient (Wildman–Crippen LogP) is 2.73. The zero-order chi connectivity index (χ0) is 25.8. The van der Waals surface area contributed by atoms with Crippen LogP contribution < -0.4 is 4.90 Å². The number of cyclic esters (lactones) is 1. The van der Waals surface area contributed by atoms with E-state index in [1.54, 1.807) is 60.4 Å². The second-order valence-corrected chi connectivity index (χ2v) is 11.0. The molecule has 0 saturated carbocycles. The van der Waals surface area contributed by atoms with Gasteiger partial charge < -0.3 is 24.4 Å². The number of para-hydroxylation sites is 1. The molecule has 1 aromatic rings. The molecule has 1 spiro atoms. The van der Waals surface area contributed by atoms with Gasteiger partial charge in [-0.25, -0.2) is 0 Å². The Hall–Kier alpha value is -2.68. The number of fused-ring (bicyclic) bond motifs is 2. The first-order valence-corrected chi connectivity index (χ1v) is 12.7. The predicted molar refractivity (Wildman–Crippen MR) is 133 cm³/mol. The number of nitrogens with zero attached hydrogens (tertiary/aromatic N) is 2. The minimum atomic E-state index is -1.41. The number of carbonyl (C=O) groups is 3. The summed E-state index contributed by atoms with van der Waals surface area (Å²) in [4.78, 5) is 44.8. The highest BCUT2D eigenvalue weighted by Gasteiger charge is 2.75. The summed E-state index contributed by atoms with van der Waals surface area (Å²) in [6.45, 7) is 5.73. The fourth-order valence-corrected chi connectivity index (χ4v) is 6.63. The van der Waals surface area contributed by atoms with Crippen LogP contribution in [-0.2, 0) is 23.9 Å². The second-order valence-electron chi connectivity index (χ2n) is 10.5. The maximum atomic E-state index is 14.4. The Bertz CT molecular complexity index is 1150. The Kier molecular flexibility index (Phi) is 6.25. The number of aliphatic hydroxyl groups excluding tert-OH is 1. The van der Waals surface area contributed by atoms with Gasteiger partial charge in [-0.15, -0.1) is 0 Å². The summed E-state index contributed by atoms with van der Waals surface area (Å²) in [5.74, 6) is -3.05. The number of hydrogen-bond donors (Lipinski definition) is 1. The molecule has 0 aromatic heterocycles. The lowest BCUT2D eigenvalue weighted by atomic mass is 9.75. The molecule has 36 heavy (non-hydrogen) atoms. The van der Waals surface area contributed by atoms with Crippen LogP contribution in [-0.4, -0.2) is 70.8 Å². The summed E-state index contributed by atoms with van der Waals surface area (Å²) in [7, 11) is 0. The molecule has 6 atom stereocenters. The molecule has 5 rings (SSSR count). The molecule has 0 aliphatic carbocycles. The molecular weight excluding hydrogens is 484 g/mol. The molecular formula is C27H31ClN2O6. The molecule has 0 bridgehead atoms. The van der Waals surface area contributed by atoms with Gasteiger partial charge in [0.25, 0.3) is 5.91 Å². The molecule has 2 fully saturated rings. The van der Waals surface area contributed by atoms with Gasteiger partial charge in [-0.3, -0.25) is 14.4 Å². The van der Waals surface area contributed by atoms with Crippen molar-refractivity contribution >= 4 is 35.1 Å². The standard InChI is InChI=1S/C27H31ClN2O6/c1-16(2)14-17(15-31)30-22-24(33)29(19-9-5-4-8-18(19)28)12-6-11-27(22)20(23(30)32)21-25(34)35-13-7-10-26(21,3)36-27/h4-11,16-17,20-22,31H,12-15H2,1-3H3/t17-,20+,21-,22?,26+,27+/m1/s1. The number of amides is 2. The number of esters is 1. The van der Waals surface area contributed by atoms with Gasteiger partial charge in [0.2, 0.25) is 5.91 Å². The van der Waals surface area contributed by atoms with Gasteiger partial charge in [0.05, 0.1) is 34.9 Å². The van der Waals surface area contributed by atoms with Crippen LogP contribution in [0.15, 0.2) is 48.6 Å². The van der Waals surface area contributed by atoms with Crippen molar-refractivity contribution in [3.05, 3.63) is 53.6 Å². The Labute approximate surface area is 215 Å². The van der Waals surface area contributed by atoms with Crippen LogP contribution in [0.5, 0.6) is 0 Å². The zero-order valence-corrected chi connectivity index (χ0v) is 21.4. The molecule has 8 nitrogen and oxygen atoms in total. The maximum absolute atomic E-state index is 14.4. The highest BCUT2D eigenvalue weighted by Crippen LogP contribution is 2.58. The molecule has 4 heterocycles. The van der Waals surface area contributed by atoms with Crippen molar-refractivity contribution in [3.63, 3.8) is 0 Å². The van der Waals surface area contributed by atoms with E-state index in [0.29, 0.717) is 17.1 Å². The highest BCUT2D eigenvalue weighted by molar-refractivity contribution is 6.34. The SMILES string of the molecule is CC(C)C[C@H](CO)N1C(=O)[C@@H]2[C@@H]3C(=O)OCC=C[C@]3(C)O[C@@]23C=CCN(c2ccccc2Cl)C(=O)C13. The molecule has 1 N–H and O–H groups in total. The minimum Gasteiger partial charge on any atom is -0.461 e. The van der Waals surface area contributed by atoms with Crippen molar-refractivity contribution in [2.45, 2.75) is 50.5 Å². The van der Waals surface area contributed by atoms with Gasteiger partial charge >= 0.3 is 5.97 Å². The largest absolute Gasteiger partial charge is 0.461 e. The summed E-state index contributed by atoms with van der Waals surface area (Å²) in [6.07, 6.45) is 7.51. The van der Waals surface area contributed by atoms with Gasteiger partial charge in [0.15, 0.2) is 0 Å². The highest BCUT2D eigenvalue weighted by atomic mass is 35.5. The van der Waals surface area contributed by atoms with Crippen molar-refractivity contribution in [2.24, 2.45) is 17.8 Å². The lowest BCUT2D eigenvalue weighted by Crippen LogP contribution is -2.59. The maximum Gasteiger partial charge on any atom is 0.313 e. The van der Waals surface area contributed by atoms with E-state index in [9.17, 15) is 19.5 Å². The van der Waals surface area contributed by atoms with Crippen LogP contribution in [0.2, 0.25) is 5.02 Å². The molecule has 2 amide bonds. The van der Waals surface area contributed by atoms with Crippen LogP contribution in [0.3, 0.4) is 0 Å². The van der Waals surface area contributed by atoms with E-state index in [1.165, 1.54) is 4.90 Å². The number of likely N-dealkylation sites (tertiary alicyclic amines) is 1. The third-order valence-corrected chi connectivity index (χ3v) is 8.06. The first-order chi connectivity index (χ1) is 17.1. The number of ether oxygens (including phenoxy) is 2. The van der Waals surface area contributed by atoms with Crippen molar-refractivity contribution < 1.29 is 29.0 Å². The third-order valence-electron chi connectivity index (χ3n) is 7.74. The van der Waals surface area contributed by atoms with Crippen molar-refractivity contribution in [1.29, 1.82) is 0 Å². The summed E-state index contributed by atoms with van der Waals surface area (Å²) in [5, 5.41) is 10.8. The molecule has 1 unspecified atom stereocenters. The van der Waals surface area contributed by atoms with Crippen molar-refractivity contribution in [1.82, 2.24) is 4.90 Å². The Morgan fingerprint density at radius 3 is 2.56 bits per heavy atom. The van der Waals surface area contributed by atoms with Gasteiger partial charge in [0, 0.05) is 6.54 Å². The molecule has 9 heteroatoms. The molecule has 2 saturated heterocycles. The Morgan fingerprint density at radius 1 is 1.11 bits per heavy atom. The molecule has 0 radical (unpaired) electrons. The molecule has 1 aromatic carbocycles. The van der Waals surface area contributed by atoms with Crippen LogP contribution in [0.1, 0.15) is 27.2 Å². The van der Waals surface area contributed by atoms with Gasteiger partial charge in [-0.05, 0) is 37.5 Å². The van der Waals surface area contributed by atoms with E-state index < -0.39 is 41.1 Å². The molecule has 4 aliphatic heterocycles.